The standard InChI is InChI=1S/C7H10N2O3/c1-4-3-6(10)9(8-4)5(2)7(11)12/h3,5,8H,1-2H3,(H,11,12). The van der Waals surface area contributed by atoms with E-state index < -0.39 is 12.0 Å². The summed E-state index contributed by atoms with van der Waals surface area (Å²) in [4.78, 5) is 21.5. The minimum Gasteiger partial charge on any atom is -0.480 e. The molecule has 0 saturated carbocycles. The van der Waals surface area contributed by atoms with Crippen LogP contribution in [0.15, 0.2) is 10.9 Å². The van der Waals surface area contributed by atoms with Crippen molar-refractivity contribution in [2.75, 3.05) is 0 Å². The first-order valence-corrected chi connectivity index (χ1v) is 3.53. The van der Waals surface area contributed by atoms with Crippen LogP contribution in [0.1, 0.15) is 18.7 Å². The maximum Gasteiger partial charge on any atom is 0.328 e. The average Bonchev–Trinajstić information content (AvgIpc) is 2.28. The maximum atomic E-state index is 11.1. The Morgan fingerprint density at radius 3 is 2.67 bits per heavy atom. The van der Waals surface area contributed by atoms with E-state index in [1.807, 2.05) is 0 Å². The molecule has 1 atom stereocenters. The number of nitrogens with one attached hydrogen (secondary N) is 1. The molecule has 1 aromatic heterocycles. The molecule has 0 bridgehead atoms. The van der Waals surface area contributed by atoms with Gasteiger partial charge in [-0.05, 0) is 13.8 Å². The van der Waals surface area contributed by atoms with Gasteiger partial charge in [0.2, 0.25) is 0 Å². The molecule has 1 aromatic rings. The molecular weight excluding hydrogens is 160 g/mol. The van der Waals surface area contributed by atoms with Crippen LogP contribution in [0, 0.1) is 6.92 Å². The van der Waals surface area contributed by atoms with Crippen LogP contribution in [-0.2, 0) is 4.79 Å². The van der Waals surface area contributed by atoms with E-state index >= 15 is 0 Å². The monoisotopic (exact) mass is 170 g/mol. The predicted octanol–water partition coefficient (Wildman–Crippen LogP) is 0.130. The Balaban J connectivity index is 3.10. The molecule has 5 heteroatoms. The Labute approximate surface area is 68.6 Å². The molecular formula is C7H10N2O3. The average molecular weight is 170 g/mol. The summed E-state index contributed by atoms with van der Waals surface area (Å²) in [6, 6.07) is 0.519. The molecule has 0 amide bonds. The van der Waals surface area contributed by atoms with Gasteiger partial charge in [0.05, 0.1) is 0 Å². The number of aliphatic carboxylic acids is 1. The fourth-order valence-corrected chi connectivity index (χ4v) is 0.930. The van der Waals surface area contributed by atoms with E-state index in [0.29, 0.717) is 5.69 Å². The largest absolute Gasteiger partial charge is 0.480 e. The van der Waals surface area contributed by atoms with Crippen LogP contribution >= 0.6 is 0 Å². The summed E-state index contributed by atoms with van der Waals surface area (Å²) in [5.41, 5.74) is 0.343. The van der Waals surface area contributed by atoms with Crippen molar-refractivity contribution in [2.24, 2.45) is 0 Å². The lowest BCUT2D eigenvalue weighted by Crippen LogP contribution is -2.25. The van der Waals surface area contributed by atoms with Gasteiger partial charge in [-0.3, -0.25) is 9.89 Å². The van der Waals surface area contributed by atoms with E-state index in [-0.39, 0.29) is 5.56 Å². The Hall–Kier alpha value is -1.52. The van der Waals surface area contributed by atoms with E-state index in [1.165, 1.54) is 13.0 Å². The third-order valence-corrected chi connectivity index (χ3v) is 1.62. The van der Waals surface area contributed by atoms with Crippen LogP contribution < -0.4 is 5.56 Å². The first kappa shape index (κ1) is 8.58. The summed E-state index contributed by atoms with van der Waals surface area (Å²) in [6.07, 6.45) is 0. The Morgan fingerprint density at radius 2 is 2.33 bits per heavy atom. The van der Waals surface area contributed by atoms with Crippen LogP contribution in [0.2, 0.25) is 0 Å². The zero-order valence-electron chi connectivity index (χ0n) is 6.87. The molecule has 66 valence electrons. The molecule has 1 rings (SSSR count). The lowest BCUT2D eigenvalue weighted by molar-refractivity contribution is -0.140. The number of carbonyl (C=O) groups is 1. The second-order valence-electron chi connectivity index (χ2n) is 2.66. The Bertz CT molecular complexity index is 350. The normalized spacial score (nSPS) is 12.8. The number of H-pyrrole nitrogens is 1. The van der Waals surface area contributed by atoms with Crippen LogP contribution in [0.3, 0.4) is 0 Å². The number of carboxylic acids is 1. The molecule has 0 fully saturated rings. The summed E-state index contributed by atoms with van der Waals surface area (Å²) in [5, 5.41) is 11.2. The van der Waals surface area contributed by atoms with Gasteiger partial charge in [-0.1, -0.05) is 0 Å². The highest BCUT2D eigenvalue weighted by atomic mass is 16.4. The highest BCUT2D eigenvalue weighted by molar-refractivity contribution is 5.71. The molecule has 0 saturated heterocycles. The van der Waals surface area contributed by atoms with Crippen LogP contribution in [-0.4, -0.2) is 20.9 Å². The van der Waals surface area contributed by atoms with Gasteiger partial charge < -0.3 is 5.11 Å². The quantitative estimate of drug-likeness (QED) is 0.662. The maximum absolute atomic E-state index is 11.1. The fraction of sp³-hybridized carbons (Fsp3) is 0.429. The second-order valence-corrected chi connectivity index (χ2v) is 2.66. The zero-order valence-corrected chi connectivity index (χ0v) is 6.87. The van der Waals surface area contributed by atoms with Gasteiger partial charge in [-0.25, -0.2) is 9.48 Å². The highest BCUT2D eigenvalue weighted by Crippen LogP contribution is 2.00. The number of aryl methyl sites for hydroxylation is 1. The topological polar surface area (TPSA) is 75.1 Å². The van der Waals surface area contributed by atoms with Crippen molar-refractivity contribution in [3.8, 4) is 0 Å². The van der Waals surface area contributed by atoms with Crippen molar-refractivity contribution >= 4 is 5.97 Å². The molecule has 12 heavy (non-hydrogen) atoms. The summed E-state index contributed by atoms with van der Waals surface area (Å²) in [7, 11) is 0. The molecule has 0 aliphatic heterocycles. The number of hydrogen-bond acceptors (Lipinski definition) is 2. The second kappa shape index (κ2) is 2.84. The molecule has 1 unspecified atom stereocenters. The number of carboxylic acid groups (broad SMARTS) is 1. The van der Waals surface area contributed by atoms with Crippen molar-refractivity contribution < 1.29 is 9.90 Å². The first-order valence-electron chi connectivity index (χ1n) is 3.53. The van der Waals surface area contributed by atoms with E-state index in [0.717, 1.165) is 4.68 Å². The SMILES string of the molecule is Cc1cc(=O)n(C(C)C(=O)O)[nH]1. The number of hydrogen-bond donors (Lipinski definition) is 2. The molecule has 0 aliphatic rings. The van der Waals surface area contributed by atoms with Crippen molar-refractivity contribution in [3.05, 3.63) is 22.1 Å². The van der Waals surface area contributed by atoms with Gasteiger partial charge in [0.1, 0.15) is 6.04 Å². The van der Waals surface area contributed by atoms with Gasteiger partial charge in [0.15, 0.2) is 0 Å². The van der Waals surface area contributed by atoms with E-state index in [2.05, 4.69) is 5.10 Å². The molecule has 5 nitrogen and oxygen atoms in total. The van der Waals surface area contributed by atoms with Gasteiger partial charge in [0, 0.05) is 11.8 Å². The van der Waals surface area contributed by atoms with Crippen LogP contribution in [0.5, 0.6) is 0 Å². The molecule has 0 aromatic carbocycles. The van der Waals surface area contributed by atoms with E-state index in [4.69, 9.17) is 5.11 Å². The number of rotatable bonds is 2. The Morgan fingerprint density at radius 1 is 1.75 bits per heavy atom. The van der Waals surface area contributed by atoms with Crippen molar-refractivity contribution in [1.29, 1.82) is 0 Å². The van der Waals surface area contributed by atoms with Crippen molar-refractivity contribution in [1.82, 2.24) is 9.78 Å². The van der Waals surface area contributed by atoms with E-state index in [1.54, 1.807) is 6.92 Å². The molecule has 2 N–H and O–H groups in total. The number of aromatic amines is 1. The minimum atomic E-state index is -1.03. The minimum absolute atomic E-state index is 0.317. The van der Waals surface area contributed by atoms with Crippen molar-refractivity contribution in [3.63, 3.8) is 0 Å². The van der Waals surface area contributed by atoms with Crippen LogP contribution in [0.4, 0.5) is 0 Å². The first-order chi connectivity index (χ1) is 5.52. The van der Waals surface area contributed by atoms with Gasteiger partial charge >= 0.3 is 5.97 Å². The Kier molecular flexibility index (Phi) is 2.03. The third kappa shape index (κ3) is 1.39. The molecule has 0 radical (unpaired) electrons. The highest BCUT2D eigenvalue weighted by Gasteiger charge is 2.15. The number of nitrogens with zero attached hydrogens (tertiary/aromatic N) is 1. The summed E-state index contributed by atoms with van der Waals surface area (Å²) in [6.45, 7) is 3.14. The van der Waals surface area contributed by atoms with Gasteiger partial charge in [-0.2, -0.15) is 0 Å². The van der Waals surface area contributed by atoms with Crippen LogP contribution in [0.25, 0.3) is 0 Å². The lowest BCUT2D eigenvalue weighted by Gasteiger charge is -2.05. The third-order valence-electron chi connectivity index (χ3n) is 1.62. The summed E-state index contributed by atoms with van der Waals surface area (Å²) >= 11 is 0. The van der Waals surface area contributed by atoms with E-state index in [9.17, 15) is 9.59 Å². The van der Waals surface area contributed by atoms with Gasteiger partial charge in [-0.15, -0.1) is 0 Å². The smallest absolute Gasteiger partial charge is 0.328 e. The summed E-state index contributed by atoms with van der Waals surface area (Å²) in [5.74, 6) is -1.03. The molecule has 0 aliphatic carbocycles. The summed E-state index contributed by atoms with van der Waals surface area (Å²) < 4.78 is 1.08. The number of aromatic nitrogens is 2. The molecule has 1 heterocycles. The fourth-order valence-electron chi connectivity index (χ4n) is 0.930. The van der Waals surface area contributed by atoms with Gasteiger partial charge in [0.25, 0.3) is 5.56 Å². The molecule has 0 spiro atoms. The zero-order chi connectivity index (χ0) is 9.30. The van der Waals surface area contributed by atoms with Crippen molar-refractivity contribution in [2.45, 2.75) is 19.9 Å². The predicted molar refractivity (Wildman–Crippen MR) is 42.1 cm³/mol. The lowest BCUT2D eigenvalue weighted by atomic mass is 10.3.